The second-order valence-electron chi connectivity index (χ2n) is 3.55. The number of hydrogen-bond acceptors (Lipinski definition) is 4. The van der Waals surface area contributed by atoms with E-state index in [0.717, 1.165) is 6.07 Å². The van der Waals surface area contributed by atoms with Gasteiger partial charge < -0.3 is 10.5 Å². The van der Waals surface area contributed by atoms with E-state index in [-0.39, 0.29) is 23.2 Å². The van der Waals surface area contributed by atoms with Crippen LogP contribution in [0.1, 0.15) is 0 Å². The molecule has 0 spiro atoms. The summed E-state index contributed by atoms with van der Waals surface area (Å²) in [6, 6.07) is 5.10. The van der Waals surface area contributed by atoms with Gasteiger partial charge in [0, 0.05) is 16.7 Å². The third-order valence-electron chi connectivity index (χ3n) is 2.09. The number of rotatable bonds is 2. The number of nitrogens with zero attached hydrogens (tertiary/aromatic N) is 2. The molecule has 0 aliphatic heterocycles. The van der Waals surface area contributed by atoms with Crippen molar-refractivity contribution in [3.05, 3.63) is 35.6 Å². The fourth-order valence-corrected chi connectivity index (χ4v) is 1.66. The van der Waals surface area contributed by atoms with Gasteiger partial charge in [0.1, 0.15) is 17.9 Å². The molecule has 2 aromatic rings. The van der Waals surface area contributed by atoms with Gasteiger partial charge in [0.2, 0.25) is 0 Å². The largest absolute Gasteiger partial charge is 0.573 e. The average Bonchev–Trinajstić information content (AvgIpc) is 2.25. The number of halogens is 5. The van der Waals surface area contributed by atoms with E-state index in [1.807, 2.05) is 0 Å². The number of alkyl halides is 3. The molecule has 0 fully saturated rings. The van der Waals surface area contributed by atoms with Crippen molar-refractivity contribution in [1.29, 1.82) is 0 Å². The zero-order valence-corrected chi connectivity index (χ0v) is 11.3. The quantitative estimate of drug-likeness (QED) is 0.914. The summed E-state index contributed by atoms with van der Waals surface area (Å²) < 4.78 is 40.3. The van der Waals surface area contributed by atoms with Crippen LogP contribution in [0.2, 0.25) is 5.02 Å². The van der Waals surface area contributed by atoms with Crippen molar-refractivity contribution < 1.29 is 17.9 Å². The third-order valence-corrected chi connectivity index (χ3v) is 2.31. The van der Waals surface area contributed by atoms with E-state index in [4.69, 9.17) is 17.3 Å². The molecular formula is C11H8Cl2F3N3O. The van der Waals surface area contributed by atoms with Crippen molar-refractivity contribution in [3.8, 4) is 17.0 Å². The summed E-state index contributed by atoms with van der Waals surface area (Å²) in [5.41, 5.74) is 6.18. The van der Waals surface area contributed by atoms with E-state index >= 15 is 0 Å². The first kappa shape index (κ1) is 16.3. The van der Waals surface area contributed by atoms with Crippen LogP contribution >= 0.6 is 24.0 Å². The lowest BCUT2D eigenvalue weighted by molar-refractivity contribution is -0.274. The molecule has 1 aromatic heterocycles. The van der Waals surface area contributed by atoms with Crippen LogP contribution in [0.4, 0.5) is 19.0 Å². The molecule has 2 rings (SSSR count). The first-order valence-corrected chi connectivity index (χ1v) is 5.35. The summed E-state index contributed by atoms with van der Waals surface area (Å²) >= 11 is 5.75. The number of anilines is 1. The minimum Gasteiger partial charge on any atom is -0.406 e. The maximum Gasteiger partial charge on any atom is 0.573 e. The fourth-order valence-electron chi connectivity index (χ4n) is 1.43. The Balaban J connectivity index is 0.00000200. The van der Waals surface area contributed by atoms with Gasteiger partial charge in [-0.3, -0.25) is 0 Å². The molecule has 0 aliphatic carbocycles. The van der Waals surface area contributed by atoms with Crippen LogP contribution < -0.4 is 10.5 Å². The van der Waals surface area contributed by atoms with Gasteiger partial charge in [0.25, 0.3) is 0 Å². The Hall–Kier alpha value is -1.73. The zero-order chi connectivity index (χ0) is 14.0. The smallest absolute Gasteiger partial charge is 0.406 e. The minimum absolute atomic E-state index is 0. The average molecular weight is 326 g/mol. The van der Waals surface area contributed by atoms with Crippen LogP contribution in [-0.2, 0) is 0 Å². The molecular weight excluding hydrogens is 318 g/mol. The van der Waals surface area contributed by atoms with Gasteiger partial charge in [-0.05, 0) is 18.2 Å². The topological polar surface area (TPSA) is 61.0 Å². The van der Waals surface area contributed by atoms with Crippen LogP contribution in [-0.4, -0.2) is 16.3 Å². The van der Waals surface area contributed by atoms with Crippen LogP contribution in [0.25, 0.3) is 11.3 Å². The lowest BCUT2D eigenvalue weighted by Gasteiger charge is -2.10. The van der Waals surface area contributed by atoms with Gasteiger partial charge in [-0.15, -0.1) is 25.6 Å². The van der Waals surface area contributed by atoms with Gasteiger partial charge in [-0.25, -0.2) is 9.97 Å². The number of benzene rings is 1. The SMILES string of the molecule is Cl.Nc1cc(-c2cc(Cl)cc(OC(F)(F)F)c2)ncn1. The van der Waals surface area contributed by atoms with E-state index < -0.39 is 12.1 Å². The van der Waals surface area contributed by atoms with E-state index in [2.05, 4.69) is 14.7 Å². The molecule has 0 saturated carbocycles. The molecule has 0 bridgehead atoms. The van der Waals surface area contributed by atoms with E-state index in [0.29, 0.717) is 11.3 Å². The highest BCUT2D eigenvalue weighted by Crippen LogP contribution is 2.31. The van der Waals surface area contributed by atoms with Crippen molar-refractivity contribution in [3.63, 3.8) is 0 Å². The molecule has 0 saturated heterocycles. The van der Waals surface area contributed by atoms with Gasteiger partial charge in [0.05, 0.1) is 5.69 Å². The first-order valence-electron chi connectivity index (χ1n) is 4.98. The van der Waals surface area contributed by atoms with Crippen molar-refractivity contribution >= 4 is 29.8 Å². The van der Waals surface area contributed by atoms with Gasteiger partial charge in [-0.2, -0.15) is 0 Å². The minimum atomic E-state index is -4.79. The molecule has 4 nitrogen and oxygen atoms in total. The summed E-state index contributed by atoms with van der Waals surface area (Å²) in [5, 5.41) is 0.0916. The van der Waals surface area contributed by atoms with Crippen LogP contribution in [0.3, 0.4) is 0 Å². The first-order chi connectivity index (χ1) is 8.83. The normalized spacial score (nSPS) is 10.8. The Morgan fingerprint density at radius 3 is 2.40 bits per heavy atom. The molecule has 20 heavy (non-hydrogen) atoms. The summed E-state index contributed by atoms with van der Waals surface area (Å²) in [5.74, 6) is -0.226. The Kier molecular flexibility index (Phi) is 5.02. The predicted molar refractivity (Wildman–Crippen MR) is 70.8 cm³/mol. The maximum absolute atomic E-state index is 12.2. The van der Waals surface area contributed by atoms with Crippen molar-refractivity contribution in [2.45, 2.75) is 6.36 Å². The number of nitrogens with two attached hydrogens (primary N) is 1. The second kappa shape index (κ2) is 6.15. The Morgan fingerprint density at radius 1 is 1.10 bits per heavy atom. The lowest BCUT2D eigenvalue weighted by Crippen LogP contribution is -2.17. The van der Waals surface area contributed by atoms with Crippen LogP contribution in [0.15, 0.2) is 30.6 Å². The van der Waals surface area contributed by atoms with Crippen LogP contribution in [0.5, 0.6) is 5.75 Å². The monoisotopic (exact) mass is 325 g/mol. The molecule has 0 aliphatic rings. The van der Waals surface area contributed by atoms with Gasteiger partial charge in [0.15, 0.2) is 0 Å². The molecule has 0 radical (unpaired) electrons. The van der Waals surface area contributed by atoms with Gasteiger partial charge in [-0.1, -0.05) is 11.6 Å². The Morgan fingerprint density at radius 2 is 1.80 bits per heavy atom. The van der Waals surface area contributed by atoms with Crippen molar-refractivity contribution in [2.75, 3.05) is 5.73 Å². The van der Waals surface area contributed by atoms with Crippen LogP contribution in [0, 0.1) is 0 Å². The third kappa shape index (κ3) is 4.43. The summed E-state index contributed by atoms with van der Waals surface area (Å²) in [7, 11) is 0. The zero-order valence-electron chi connectivity index (χ0n) is 9.69. The molecule has 9 heteroatoms. The molecule has 108 valence electrons. The standard InChI is InChI=1S/C11H7ClF3N3O.ClH/c12-7-1-6(9-4-10(16)18-5-17-9)2-8(3-7)19-11(13,14)15;/h1-5H,(H2,16,17,18);1H. The summed E-state index contributed by atoms with van der Waals surface area (Å²) in [6.45, 7) is 0. The lowest BCUT2D eigenvalue weighted by atomic mass is 10.1. The molecule has 1 heterocycles. The summed E-state index contributed by atoms with van der Waals surface area (Å²) in [6.07, 6.45) is -3.58. The molecule has 1 aromatic carbocycles. The molecule has 2 N–H and O–H groups in total. The van der Waals surface area contributed by atoms with Crippen molar-refractivity contribution in [1.82, 2.24) is 9.97 Å². The number of ether oxygens (including phenoxy) is 1. The van der Waals surface area contributed by atoms with Gasteiger partial charge >= 0.3 is 6.36 Å². The molecule has 0 amide bonds. The highest BCUT2D eigenvalue weighted by Gasteiger charge is 2.31. The molecule has 0 unspecified atom stereocenters. The fraction of sp³-hybridized carbons (Fsp3) is 0.0909. The molecule has 0 atom stereocenters. The van der Waals surface area contributed by atoms with E-state index in [1.54, 1.807) is 0 Å². The van der Waals surface area contributed by atoms with Crippen molar-refractivity contribution in [2.24, 2.45) is 0 Å². The predicted octanol–water partition coefficient (Wildman–Crippen LogP) is 3.70. The Bertz CT molecular complexity index is 608. The maximum atomic E-state index is 12.2. The highest BCUT2D eigenvalue weighted by molar-refractivity contribution is 6.31. The Labute approximate surface area is 123 Å². The van der Waals surface area contributed by atoms with E-state index in [9.17, 15) is 13.2 Å². The number of aromatic nitrogens is 2. The second-order valence-corrected chi connectivity index (χ2v) is 3.99. The number of nitrogen functional groups attached to an aromatic ring is 1. The number of hydrogen-bond donors (Lipinski definition) is 1. The highest BCUT2D eigenvalue weighted by atomic mass is 35.5. The van der Waals surface area contributed by atoms with E-state index in [1.165, 1.54) is 24.5 Å². The summed E-state index contributed by atoms with van der Waals surface area (Å²) in [4.78, 5) is 7.59.